The molecule has 0 spiro atoms. The second-order valence-electron chi connectivity index (χ2n) is 7.56. The van der Waals surface area contributed by atoms with Gasteiger partial charge in [0.1, 0.15) is 17.8 Å². The molecule has 8 nitrogen and oxygen atoms in total. The molecule has 0 fully saturated rings. The van der Waals surface area contributed by atoms with Crippen LogP contribution in [0.2, 0.25) is 0 Å². The highest BCUT2D eigenvalue weighted by Crippen LogP contribution is 2.29. The Morgan fingerprint density at radius 1 is 1.16 bits per heavy atom. The first-order valence-electron chi connectivity index (χ1n) is 9.99. The number of carbonyl (C=O) groups excluding carboxylic acids is 3. The Balaban J connectivity index is 1.44. The summed E-state index contributed by atoms with van der Waals surface area (Å²) in [5.74, 6) is -0.0387. The molecule has 1 aliphatic rings. The van der Waals surface area contributed by atoms with E-state index in [4.69, 9.17) is 0 Å². The summed E-state index contributed by atoms with van der Waals surface area (Å²) in [4.78, 5) is 54.6. The molecule has 4 heterocycles. The summed E-state index contributed by atoms with van der Waals surface area (Å²) in [7, 11) is 0. The molecule has 0 unspecified atom stereocenters. The number of thiazole rings is 1. The van der Waals surface area contributed by atoms with E-state index in [9.17, 15) is 14.4 Å². The molecule has 0 saturated heterocycles. The Kier molecular flexibility index (Phi) is 5.94. The lowest BCUT2D eigenvalue weighted by atomic mass is 9.97. The minimum atomic E-state index is -0.167. The van der Waals surface area contributed by atoms with Gasteiger partial charge < -0.3 is 5.32 Å². The van der Waals surface area contributed by atoms with Gasteiger partial charge in [0.25, 0.3) is 0 Å². The summed E-state index contributed by atoms with van der Waals surface area (Å²) in [6.07, 6.45) is 4.04. The van der Waals surface area contributed by atoms with Crippen LogP contribution in [0.25, 0.3) is 0 Å². The van der Waals surface area contributed by atoms with Gasteiger partial charge in [-0.25, -0.2) is 15.0 Å². The van der Waals surface area contributed by atoms with Crippen molar-refractivity contribution in [2.75, 3.05) is 5.32 Å². The third-order valence-corrected chi connectivity index (χ3v) is 6.34. The number of carbonyl (C=O) groups is 3. The van der Waals surface area contributed by atoms with Crippen molar-refractivity contribution in [1.29, 1.82) is 0 Å². The molecule has 9 heteroatoms. The number of hydrogen-bond acceptors (Lipinski definition) is 8. The van der Waals surface area contributed by atoms with Crippen LogP contribution in [0.15, 0.2) is 30.7 Å². The molecular weight excluding hydrogens is 414 g/mol. The second-order valence-corrected chi connectivity index (χ2v) is 8.62. The van der Waals surface area contributed by atoms with Crippen molar-refractivity contribution in [1.82, 2.24) is 19.9 Å². The molecule has 0 aliphatic carbocycles. The second kappa shape index (κ2) is 8.81. The van der Waals surface area contributed by atoms with E-state index in [1.807, 2.05) is 32.0 Å². The Hall–Kier alpha value is -3.33. The quantitative estimate of drug-likeness (QED) is 0.566. The van der Waals surface area contributed by atoms with Gasteiger partial charge in [0.2, 0.25) is 5.91 Å². The summed E-state index contributed by atoms with van der Waals surface area (Å²) in [5.41, 5.74) is 2.62. The largest absolute Gasteiger partial charge is 0.310 e. The van der Waals surface area contributed by atoms with E-state index in [0.717, 1.165) is 16.4 Å². The minimum Gasteiger partial charge on any atom is -0.310 e. The summed E-state index contributed by atoms with van der Waals surface area (Å²) in [6.45, 7) is 3.79. The molecule has 1 amide bonds. The van der Waals surface area contributed by atoms with Gasteiger partial charge in [-0.3, -0.25) is 19.4 Å². The van der Waals surface area contributed by atoms with E-state index in [0.29, 0.717) is 34.8 Å². The number of nitrogens with one attached hydrogen (secondary N) is 1. The molecule has 158 valence electrons. The number of aromatic nitrogens is 4. The van der Waals surface area contributed by atoms with Crippen molar-refractivity contribution < 1.29 is 14.4 Å². The summed E-state index contributed by atoms with van der Waals surface area (Å²) < 4.78 is 0. The van der Waals surface area contributed by atoms with Gasteiger partial charge in [-0.1, -0.05) is 13.0 Å². The highest BCUT2D eigenvalue weighted by molar-refractivity contribution is 7.13. The maximum atomic E-state index is 12.9. The van der Waals surface area contributed by atoms with Crippen molar-refractivity contribution in [2.24, 2.45) is 0 Å². The average Bonchev–Trinajstić information content (AvgIpc) is 3.23. The first-order valence-corrected chi connectivity index (χ1v) is 10.8. The average molecular weight is 436 g/mol. The van der Waals surface area contributed by atoms with Crippen LogP contribution in [0.5, 0.6) is 0 Å². The highest BCUT2D eigenvalue weighted by Gasteiger charge is 2.25. The normalized spacial score (nSPS) is 13.9. The monoisotopic (exact) mass is 435 g/mol. The first-order chi connectivity index (χ1) is 14.9. The van der Waals surface area contributed by atoms with Crippen molar-refractivity contribution >= 4 is 34.6 Å². The van der Waals surface area contributed by atoms with E-state index in [1.165, 1.54) is 17.7 Å². The number of fused-ring (bicyclic) bond motifs is 1. The Morgan fingerprint density at radius 2 is 2.00 bits per heavy atom. The molecule has 1 N–H and O–H groups in total. The topological polar surface area (TPSA) is 115 Å². The SMILES string of the molecule is Cc1cccc(CC(=O)c2cnc([C@@H](C)CC(=O)c3ncnc4c3CCC(=O)N4)s2)n1. The fraction of sp³-hybridized carbons (Fsp3) is 0.318. The van der Waals surface area contributed by atoms with Gasteiger partial charge >= 0.3 is 0 Å². The molecule has 1 aliphatic heterocycles. The fourth-order valence-corrected chi connectivity index (χ4v) is 4.39. The predicted octanol–water partition coefficient (Wildman–Crippen LogP) is 3.32. The standard InChI is InChI=1S/C22H21N5O3S/c1-12(8-17(29)20-15-6-7-19(30)27-21(15)25-11-24-20)22-23-10-18(31-22)16(28)9-14-5-3-4-13(2)26-14/h3-5,10-12H,6-9H2,1-2H3,(H,24,25,27,30)/t12-/m0/s1. The molecular formula is C22H21N5O3S. The Bertz CT molecular complexity index is 1170. The van der Waals surface area contributed by atoms with Gasteiger partial charge in [0.15, 0.2) is 11.6 Å². The van der Waals surface area contributed by atoms with Gasteiger partial charge in [-0.05, 0) is 25.5 Å². The summed E-state index contributed by atoms with van der Waals surface area (Å²) >= 11 is 1.31. The number of ketones is 2. The number of pyridine rings is 1. The number of hydrogen-bond donors (Lipinski definition) is 1. The van der Waals surface area contributed by atoms with Gasteiger partial charge in [0.05, 0.1) is 16.3 Å². The number of anilines is 1. The van der Waals surface area contributed by atoms with Crippen LogP contribution in [-0.2, 0) is 17.6 Å². The molecule has 1 atom stereocenters. The van der Waals surface area contributed by atoms with Crippen molar-refractivity contribution in [3.8, 4) is 0 Å². The zero-order valence-electron chi connectivity index (χ0n) is 17.2. The number of aryl methyl sites for hydroxylation is 1. The zero-order valence-corrected chi connectivity index (χ0v) is 18.0. The van der Waals surface area contributed by atoms with E-state index >= 15 is 0 Å². The molecule has 0 aromatic carbocycles. The number of nitrogens with zero attached hydrogens (tertiary/aromatic N) is 4. The van der Waals surface area contributed by atoms with Crippen molar-refractivity contribution in [3.05, 3.63) is 63.3 Å². The summed E-state index contributed by atoms with van der Waals surface area (Å²) in [5, 5.41) is 3.41. The fourth-order valence-electron chi connectivity index (χ4n) is 3.49. The number of amides is 1. The Labute approximate surface area is 183 Å². The smallest absolute Gasteiger partial charge is 0.225 e. The highest BCUT2D eigenvalue weighted by atomic mass is 32.1. The molecule has 0 saturated carbocycles. The molecule has 31 heavy (non-hydrogen) atoms. The minimum absolute atomic E-state index is 0.0408. The molecule has 0 bridgehead atoms. The number of Topliss-reactive ketones (excluding diaryl/α,β-unsaturated/α-hetero) is 2. The lowest BCUT2D eigenvalue weighted by Gasteiger charge is -2.17. The first kappa shape index (κ1) is 20.9. The van der Waals surface area contributed by atoms with Gasteiger partial charge in [0, 0.05) is 41.9 Å². The van der Waals surface area contributed by atoms with E-state index in [-0.39, 0.29) is 36.2 Å². The van der Waals surface area contributed by atoms with Crippen LogP contribution in [0.3, 0.4) is 0 Å². The maximum absolute atomic E-state index is 12.9. The van der Waals surface area contributed by atoms with Gasteiger partial charge in [-0.2, -0.15) is 0 Å². The Morgan fingerprint density at radius 3 is 2.81 bits per heavy atom. The third-order valence-electron chi connectivity index (χ3n) is 5.07. The van der Waals surface area contributed by atoms with Crippen molar-refractivity contribution in [3.63, 3.8) is 0 Å². The molecule has 3 aromatic heterocycles. The molecule has 4 rings (SSSR count). The van der Waals surface area contributed by atoms with Crippen LogP contribution >= 0.6 is 11.3 Å². The number of rotatable bonds is 7. The van der Waals surface area contributed by atoms with Crippen LogP contribution in [0, 0.1) is 6.92 Å². The van der Waals surface area contributed by atoms with E-state index < -0.39 is 0 Å². The maximum Gasteiger partial charge on any atom is 0.225 e. The van der Waals surface area contributed by atoms with Gasteiger partial charge in [-0.15, -0.1) is 11.3 Å². The lowest BCUT2D eigenvalue weighted by Crippen LogP contribution is -2.23. The summed E-state index contributed by atoms with van der Waals surface area (Å²) in [6, 6.07) is 5.60. The van der Waals surface area contributed by atoms with Crippen LogP contribution < -0.4 is 5.32 Å². The third kappa shape index (κ3) is 4.72. The van der Waals surface area contributed by atoms with Crippen LogP contribution in [0.1, 0.15) is 67.8 Å². The molecule has 3 aromatic rings. The van der Waals surface area contributed by atoms with E-state index in [1.54, 1.807) is 6.20 Å². The van der Waals surface area contributed by atoms with Crippen molar-refractivity contribution in [2.45, 2.75) is 45.4 Å². The molecule has 0 radical (unpaired) electrons. The van der Waals surface area contributed by atoms with E-state index in [2.05, 4.69) is 25.3 Å². The van der Waals surface area contributed by atoms with Crippen LogP contribution in [-0.4, -0.2) is 37.4 Å². The zero-order chi connectivity index (χ0) is 22.0. The lowest BCUT2D eigenvalue weighted by molar-refractivity contribution is -0.116. The van der Waals surface area contributed by atoms with Crippen LogP contribution in [0.4, 0.5) is 5.82 Å². The predicted molar refractivity (Wildman–Crippen MR) is 115 cm³/mol.